The first kappa shape index (κ1) is 15.5. The topological polar surface area (TPSA) is 59.0 Å². The first-order chi connectivity index (χ1) is 10.6. The van der Waals surface area contributed by atoms with Gasteiger partial charge in [-0.15, -0.1) is 0 Å². The lowest BCUT2D eigenvalue weighted by atomic mass is 9.84. The van der Waals surface area contributed by atoms with Gasteiger partial charge in [-0.25, -0.2) is 0 Å². The highest BCUT2D eigenvalue weighted by Gasteiger charge is 2.35. The van der Waals surface area contributed by atoms with Crippen LogP contribution in [-0.2, 0) is 11.8 Å². The minimum Gasteiger partial charge on any atom is -0.353 e. The molecule has 3 rings (SSSR count). The zero-order valence-electron chi connectivity index (χ0n) is 13.7. The van der Waals surface area contributed by atoms with Crippen LogP contribution in [0.25, 0.3) is 0 Å². The average molecular weight is 304 g/mol. The smallest absolute Gasteiger partial charge is 0.225 e. The van der Waals surface area contributed by atoms with Crippen LogP contribution in [0.3, 0.4) is 0 Å². The van der Waals surface area contributed by atoms with Crippen LogP contribution in [0.4, 0.5) is 0 Å². The van der Waals surface area contributed by atoms with Gasteiger partial charge in [0, 0.05) is 38.3 Å². The van der Waals surface area contributed by atoms with Crippen molar-refractivity contribution in [1.29, 1.82) is 0 Å². The molecule has 2 heterocycles. The van der Waals surface area contributed by atoms with Crippen LogP contribution in [0.2, 0.25) is 0 Å². The van der Waals surface area contributed by atoms with Crippen molar-refractivity contribution in [2.75, 3.05) is 13.1 Å². The molecule has 1 unspecified atom stereocenters. The zero-order chi connectivity index (χ0) is 15.5. The van der Waals surface area contributed by atoms with Crippen LogP contribution in [-0.4, -0.2) is 34.8 Å². The lowest BCUT2D eigenvalue weighted by Gasteiger charge is -2.29. The summed E-state index contributed by atoms with van der Waals surface area (Å²) in [5.41, 5.74) is 1.16. The number of amides is 1. The fourth-order valence-electron chi connectivity index (χ4n) is 4.02. The van der Waals surface area contributed by atoms with Crippen molar-refractivity contribution in [2.24, 2.45) is 18.9 Å². The molecule has 1 saturated heterocycles. The molecule has 3 atom stereocenters. The van der Waals surface area contributed by atoms with E-state index in [1.165, 1.54) is 32.1 Å². The highest BCUT2D eigenvalue weighted by atomic mass is 16.2. The van der Waals surface area contributed by atoms with Gasteiger partial charge in [0.2, 0.25) is 5.91 Å². The number of aryl methyl sites for hydroxylation is 1. The third-order valence-corrected chi connectivity index (χ3v) is 5.43. The van der Waals surface area contributed by atoms with E-state index in [-0.39, 0.29) is 17.7 Å². The van der Waals surface area contributed by atoms with Crippen LogP contribution in [0.5, 0.6) is 0 Å². The van der Waals surface area contributed by atoms with Crippen molar-refractivity contribution >= 4 is 5.91 Å². The number of rotatable bonds is 4. The van der Waals surface area contributed by atoms with Crippen LogP contribution in [0.15, 0.2) is 12.4 Å². The highest BCUT2D eigenvalue weighted by Crippen LogP contribution is 2.30. The van der Waals surface area contributed by atoms with E-state index < -0.39 is 0 Å². The number of aromatic nitrogens is 2. The maximum absolute atomic E-state index is 12.7. The Kier molecular flexibility index (Phi) is 4.81. The first-order valence-corrected chi connectivity index (χ1v) is 8.65. The summed E-state index contributed by atoms with van der Waals surface area (Å²) in [7, 11) is 1.92. The standard InChI is InChI=1S/C17H28N4O/c1-12(13-6-4-3-5-7-13)20-17(22)16-10-18-9-15(16)14-8-19-21(2)11-14/h8,11-13,15-16,18H,3-7,9-10H2,1-2H3,(H,20,22)/t12?,15-,16+/m1/s1. The predicted octanol–water partition coefficient (Wildman–Crippen LogP) is 1.81. The second kappa shape index (κ2) is 6.82. The molecule has 122 valence electrons. The predicted molar refractivity (Wildman–Crippen MR) is 86.5 cm³/mol. The van der Waals surface area contributed by atoms with E-state index in [9.17, 15) is 4.79 Å². The van der Waals surface area contributed by atoms with E-state index in [1.54, 1.807) is 0 Å². The summed E-state index contributed by atoms with van der Waals surface area (Å²) in [6.45, 7) is 3.81. The number of hydrogen-bond donors (Lipinski definition) is 2. The minimum atomic E-state index is 0.0234. The number of hydrogen-bond acceptors (Lipinski definition) is 3. The van der Waals surface area contributed by atoms with Gasteiger partial charge in [-0.1, -0.05) is 19.3 Å². The molecule has 0 radical (unpaired) electrons. The van der Waals surface area contributed by atoms with Crippen molar-refractivity contribution in [3.63, 3.8) is 0 Å². The van der Waals surface area contributed by atoms with Crippen molar-refractivity contribution < 1.29 is 4.79 Å². The van der Waals surface area contributed by atoms with Crippen LogP contribution < -0.4 is 10.6 Å². The lowest BCUT2D eigenvalue weighted by Crippen LogP contribution is -2.43. The molecule has 1 saturated carbocycles. The van der Waals surface area contributed by atoms with Crippen LogP contribution in [0, 0.1) is 11.8 Å². The number of nitrogens with one attached hydrogen (secondary N) is 2. The van der Waals surface area contributed by atoms with Gasteiger partial charge in [0.1, 0.15) is 0 Å². The molecule has 1 aromatic heterocycles. The molecule has 2 aliphatic rings. The Hall–Kier alpha value is -1.36. The molecule has 1 aliphatic heterocycles. The summed E-state index contributed by atoms with van der Waals surface area (Å²) in [6, 6.07) is 0.294. The Labute approximate surface area is 132 Å². The van der Waals surface area contributed by atoms with E-state index in [0.29, 0.717) is 12.0 Å². The SMILES string of the molecule is CC(NC(=O)[C@H]1CNC[C@@H]1c1cnn(C)c1)C1CCCCC1. The summed E-state index contributed by atoms with van der Waals surface area (Å²) in [4.78, 5) is 12.7. The Balaban J connectivity index is 1.60. The molecule has 1 aliphatic carbocycles. The molecule has 0 bridgehead atoms. The van der Waals surface area contributed by atoms with E-state index in [1.807, 2.05) is 24.1 Å². The van der Waals surface area contributed by atoms with Gasteiger partial charge in [0.15, 0.2) is 0 Å². The maximum Gasteiger partial charge on any atom is 0.225 e. The van der Waals surface area contributed by atoms with Gasteiger partial charge in [-0.05, 0) is 31.2 Å². The average Bonchev–Trinajstić information content (AvgIpc) is 3.16. The molecule has 5 nitrogen and oxygen atoms in total. The Morgan fingerprint density at radius 2 is 2.14 bits per heavy atom. The van der Waals surface area contributed by atoms with E-state index in [0.717, 1.165) is 18.7 Å². The summed E-state index contributed by atoms with van der Waals surface area (Å²) in [6.07, 6.45) is 10.4. The summed E-state index contributed by atoms with van der Waals surface area (Å²) < 4.78 is 1.81. The third-order valence-electron chi connectivity index (χ3n) is 5.43. The number of carbonyl (C=O) groups is 1. The van der Waals surface area contributed by atoms with Gasteiger partial charge in [0.05, 0.1) is 12.1 Å². The third kappa shape index (κ3) is 3.35. The Morgan fingerprint density at radius 1 is 1.36 bits per heavy atom. The zero-order valence-corrected chi connectivity index (χ0v) is 13.7. The van der Waals surface area contributed by atoms with Gasteiger partial charge in [-0.3, -0.25) is 9.48 Å². The molecule has 5 heteroatoms. The molecule has 0 spiro atoms. The molecule has 1 amide bonds. The normalized spacial score (nSPS) is 27.7. The van der Waals surface area contributed by atoms with Gasteiger partial charge in [-0.2, -0.15) is 5.10 Å². The lowest BCUT2D eigenvalue weighted by molar-refractivity contribution is -0.125. The number of carbonyl (C=O) groups excluding carboxylic acids is 1. The summed E-state index contributed by atoms with van der Waals surface area (Å²) >= 11 is 0. The first-order valence-electron chi connectivity index (χ1n) is 8.65. The highest BCUT2D eigenvalue weighted by molar-refractivity contribution is 5.80. The molecule has 1 aromatic rings. The van der Waals surface area contributed by atoms with E-state index in [4.69, 9.17) is 0 Å². The van der Waals surface area contributed by atoms with Gasteiger partial charge >= 0.3 is 0 Å². The quantitative estimate of drug-likeness (QED) is 0.892. The second-order valence-corrected chi connectivity index (χ2v) is 7.01. The van der Waals surface area contributed by atoms with E-state index >= 15 is 0 Å². The monoisotopic (exact) mass is 304 g/mol. The van der Waals surface area contributed by atoms with Crippen molar-refractivity contribution in [3.8, 4) is 0 Å². The molecule has 22 heavy (non-hydrogen) atoms. The Bertz CT molecular complexity index is 507. The fourth-order valence-corrected chi connectivity index (χ4v) is 4.02. The molecular weight excluding hydrogens is 276 g/mol. The largest absolute Gasteiger partial charge is 0.353 e. The molecular formula is C17H28N4O. The van der Waals surface area contributed by atoms with E-state index in [2.05, 4.69) is 22.7 Å². The molecule has 0 aromatic carbocycles. The van der Waals surface area contributed by atoms with Crippen molar-refractivity contribution in [2.45, 2.75) is 51.0 Å². The minimum absolute atomic E-state index is 0.0234. The van der Waals surface area contributed by atoms with Crippen LogP contribution >= 0.6 is 0 Å². The fraction of sp³-hybridized carbons (Fsp3) is 0.765. The van der Waals surface area contributed by atoms with Gasteiger partial charge < -0.3 is 10.6 Å². The Morgan fingerprint density at radius 3 is 2.82 bits per heavy atom. The second-order valence-electron chi connectivity index (χ2n) is 7.01. The van der Waals surface area contributed by atoms with Crippen LogP contribution in [0.1, 0.15) is 50.5 Å². The van der Waals surface area contributed by atoms with Crippen molar-refractivity contribution in [3.05, 3.63) is 18.0 Å². The maximum atomic E-state index is 12.7. The number of nitrogens with zero attached hydrogens (tertiary/aromatic N) is 2. The molecule has 2 N–H and O–H groups in total. The van der Waals surface area contributed by atoms with Crippen molar-refractivity contribution in [1.82, 2.24) is 20.4 Å². The summed E-state index contributed by atoms with van der Waals surface area (Å²) in [5, 5.41) is 10.9. The van der Waals surface area contributed by atoms with Gasteiger partial charge in [0.25, 0.3) is 0 Å². The summed E-state index contributed by atoms with van der Waals surface area (Å²) in [5.74, 6) is 1.13. The molecule has 2 fully saturated rings.